The van der Waals surface area contributed by atoms with Crippen LogP contribution in [0.5, 0.6) is 0 Å². The van der Waals surface area contributed by atoms with E-state index in [2.05, 4.69) is 20.2 Å². The Morgan fingerprint density at radius 2 is 2.17 bits per heavy atom. The largest absolute Gasteiger partial charge is 0.394 e. The van der Waals surface area contributed by atoms with Crippen LogP contribution >= 0.6 is 11.6 Å². The van der Waals surface area contributed by atoms with Crippen LogP contribution < -0.4 is 10.2 Å². The highest BCUT2D eigenvalue weighted by molar-refractivity contribution is 6.31. The Morgan fingerprint density at radius 1 is 1.30 bits per heavy atom. The second-order valence-electron chi connectivity index (χ2n) is 5.70. The number of nitrogens with zero attached hydrogens (tertiary/aromatic N) is 3. The lowest BCUT2D eigenvalue weighted by Gasteiger charge is -2.24. The van der Waals surface area contributed by atoms with E-state index in [1.165, 1.54) is 0 Å². The minimum Gasteiger partial charge on any atom is -0.394 e. The molecule has 0 radical (unpaired) electrons. The molecule has 1 unspecified atom stereocenters. The molecule has 1 fully saturated rings. The lowest BCUT2D eigenvalue weighted by Crippen LogP contribution is -2.32. The van der Waals surface area contributed by atoms with Crippen molar-refractivity contribution in [3.63, 3.8) is 0 Å². The topological polar surface area (TPSA) is 61.3 Å². The zero-order valence-corrected chi connectivity index (χ0v) is 13.7. The molecule has 0 spiro atoms. The SMILES string of the molecule is OCC1CCCN1c1cc(NCCc2ccccc2Cl)ncn1. The molecule has 0 aliphatic carbocycles. The number of benzene rings is 1. The number of halogens is 1. The second kappa shape index (κ2) is 7.62. The fourth-order valence-electron chi connectivity index (χ4n) is 2.95. The normalized spacial score (nSPS) is 17.5. The summed E-state index contributed by atoms with van der Waals surface area (Å²) in [6.45, 7) is 1.85. The minimum atomic E-state index is 0.166. The van der Waals surface area contributed by atoms with Gasteiger partial charge in [-0.2, -0.15) is 0 Å². The van der Waals surface area contributed by atoms with Gasteiger partial charge in [0.05, 0.1) is 12.6 Å². The monoisotopic (exact) mass is 332 g/mol. The maximum absolute atomic E-state index is 9.45. The average molecular weight is 333 g/mol. The van der Waals surface area contributed by atoms with Crippen molar-refractivity contribution in [2.24, 2.45) is 0 Å². The first-order valence-electron chi connectivity index (χ1n) is 7.95. The first-order valence-corrected chi connectivity index (χ1v) is 8.32. The molecule has 1 atom stereocenters. The number of nitrogens with one attached hydrogen (secondary N) is 1. The van der Waals surface area contributed by atoms with Crippen LogP contribution in [0.3, 0.4) is 0 Å². The molecule has 122 valence electrons. The van der Waals surface area contributed by atoms with E-state index in [-0.39, 0.29) is 12.6 Å². The van der Waals surface area contributed by atoms with Gasteiger partial charge in [-0.05, 0) is 30.9 Å². The number of hydrogen-bond acceptors (Lipinski definition) is 5. The van der Waals surface area contributed by atoms with Crippen molar-refractivity contribution in [1.29, 1.82) is 0 Å². The Hall–Kier alpha value is -1.85. The molecule has 1 aliphatic heterocycles. The van der Waals surface area contributed by atoms with E-state index in [1.807, 2.05) is 30.3 Å². The Labute approximate surface area is 141 Å². The molecule has 5 nitrogen and oxygen atoms in total. The molecule has 0 bridgehead atoms. The predicted molar refractivity (Wildman–Crippen MR) is 93.1 cm³/mol. The van der Waals surface area contributed by atoms with E-state index < -0.39 is 0 Å². The summed E-state index contributed by atoms with van der Waals surface area (Å²) in [5.41, 5.74) is 1.12. The van der Waals surface area contributed by atoms with Gasteiger partial charge in [-0.1, -0.05) is 29.8 Å². The molecular formula is C17H21ClN4O. The number of anilines is 2. The maximum Gasteiger partial charge on any atom is 0.134 e. The van der Waals surface area contributed by atoms with Gasteiger partial charge in [-0.25, -0.2) is 9.97 Å². The third-order valence-corrected chi connectivity index (χ3v) is 4.56. The van der Waals surface area contributed by atoms with E-state index >= 15 is 0 Å². The summed E-state index contributed by atoms with van der Waals surface area (Å²) < 4.78 is 0. The molecule has 2 heterocycles. The van der Waals surface area contributed by atoms with Crippen LogP contribution in [0.25, 0.3) is 0 Å². The number of aliphatic hydroxyl groups is 1. The van der Waals surface area contributed by atoms with Crippen LogP contribution in [0.2, 0.25) is 5.02 Å². The quantitative estimate of drug-likeness (QED) is 0.851. The fourth-order valence-corrected chi connectivity index (χ4v) is 3.18. The Kier molecular flexibility index (Phi) is 5.31. The van der Waals surface area contributed by atoms with Crippen LogP contribution in [0, 0.1) is 0 Å². The van der Waals surface area contributed by atoms with Crippen molar-refractivity contribution in [3.8, 4) is 0 Å². The molecule has 1 saturated heterocycles. The molecule has 1 aromatic heterocycles. The van der Waals surface area contributed by atoms with Crippen molar-refractivity contribution in [2.45, 2.75) is 25.3 Å². The lowest BCUT2D eigenvalue weighted by atomic mass is 10.1. The number of rotatable bonds is 6. The van der Waals surface area contributed by atoms with E-state index in [4.69, 9.17) is 11.6 Å². The van der Waals surface area contributed by atoms with Crippen LogP contribution in [-0.4, -0.2) is 40.8 Å². The zero-order valence-electron chi connectivity index (χ0n) is 13.0. The molecule has 2 aromatic rings. The summed E-state index contributed by atoms with van der Waals surface area (Å²) in [7, 11) is 0. The molecule has 0 amide bonds. The van der Waals surface area contributed by atoms with Crippen LogP contribution in [-0.2, 0) is 6.42 Å². The predicted octanol–water partition coefficient (Wildman–Crippen LogP) is 2.75. The highest BCUT2D eigenvalue weighted by Crippen LogP contribution is 2.24. The number of aromatic nitrogens is 2. The van der Waals surface area contributed by atoms with Gasteiger partial charge in [0.2, 0.25) is 0 Å². The van der Waals surface area contributed by atoms with Gasteiger partial charge in [0.25, 0.3) is 0 Å². The molecular weight excluding hydrogens is 312 g/mol. The lowest BCUT2D eigenvalue weighted by molar-refractivity contribution is 0.266. The second-order valence-corrected chi connectivity index (χ2v) is 6.11. The summed E-state index contributed by atoms with van der Waals surface area (Å²) in [6.07, 6.45) is 4.50. The summed E-state index contributed by atoms with van der Waals surface area (Å²) in [4.78, 5) is 10.8. The highest BCUT2D eigenvalue weighted by atomic mass is 35.5. The van der Waals surface area contributed by atoms with Crippen LogP contribution in [0.4, 0.5) is 11.6 Å². The standard InChI is InChI=1S/C17H21ClN4O/c18-15-6-2-1-4-13(15)7-8-19-16-10-17(21-12-20-16)22-9-3-5-14(22)11-23/h1-2,4,6,10,12,14,23H,3,5,7-9,11H2,(H,19,20,21). The molecule has 6 heteroatoms. The van der Waals surface area contributed by atoms with Crippen molar-refractivity contribution < 1.29 is 5.11 Å². The maximum atomic E-state index is 9.45. The first kappa shape index (κ1) is 16.0. The van der Waals surface area contributed by atoms with Gasteiger partial charge < -0.3 is 15.3 Å². The molecule has 1 aromatic carbocycles. The Bertz CT molecular complexity index is 652. The zero-order chi connectivity index (χ0) is 16.1. The van der Waals surface area contributed by atoms with E-state index in [1.54, 1.807) is 6.33 Å². The van der Waals surface area contributed by atoms with E-state index in [9.17, 15) is 5.11 Å². The first-order chi connectivity index (χ1) is 11.3. The van der Waals surface area contributed by atoms with E-state index in [0.717, 1.165) is 54.6 Å². The van der Waals surface area contributed by atoms with Crippen molar-refractivity contribution in [1.82, 2.24) is 9.97 Å². The van der Waals surface area contributed by atoms with Gasteiger partial charge >= 0.3 is 0 Å². The van der Waals surface area contributed by atoms with Crippen molar-refractivity contribution in [2.75, 3.05) is 29.9 Å². The summed E-state index contributed by atoms with van der Waals surface area (Å²) in [6, 6.07) is 9.98. The van der Waals surface area contributed by atoms with Gasteiger partial charge in [0.15, 0.2) is 0 Å². The molecule has 2 N–H and O–H groups in total. The number of aliphatic hydroxyl groups excluding tert-OH is 1. The summed E-state index contributed by atoms with van der Waals surface area (Å²) in [5, 5.41) is 13.6. The number of hydrogen-bond donors (Lipinski definition) is 2. The molecule has 3 rings (SSSR count). The third-order valence-electron chi connectivity index (χ3n) is 4.19. The smallest absolute Gasteiger partial charge is 0.134 e. The molecule has 0 saturated carbocycles. The average Bonchev–Trinajstić information content (AvgIpc) is 3.06. The fraction of sp³-hybridized carbons (Fsp3) is 0.412. The van der Waals surface area contributed by atoms with E-state index in [0.29, 0.717) is 0 Å². The van der Waals surface area contributed by atoms with Crippen LogP contribution in [0.1, 0.15) is 18.4 Å². The summed E-state index contributed by atoms with van der Waals surface area (Å²) >= 11 is 6.17. The van der Waals surface area contributed by atoms with Gasteiger partial charge in [0.1, 0.15) is 18.0 Å². The van der Waals surface area contributed by atoms with Gasteiger partial charge in [0, 0.05) is 24.2 Å². The van der Waals surface area contributed by atoms with Gasteiger partial charge in [-0.3, -0.25) is 0 Å². The minimum absolute atomic E-state index is 0.166. The van der Waals surface area contributed by atoms with Gasteiger partial charge in [-0.15, -0.1) is 0 Å². The van der Waals surface area contributed by atoms with Crippen LogP contribution in [0.15, 0.2) is 36.7 Å². The Morgan fingerprint density at radius 3 is 3.00 bits per heavy atom. The highest BCUT2D eigenvalue weighted by Gasteiger charge is 2.25. The molecule has 1 aliphatic rings. The van der Waals surface area contributed by atoms with Crippen molar-refractivity contribution >= 4 is 23.2 Å². The summed E-state index contributed by atoms with van der Waals surface area (Å²) in [5.74, 6) is 1.67. The Balaban J connectivity index is 1.61. The molecule has 23 heavy (non-hydrogen) atoms. The van der Waals surface area contributed by atoms with Crippen molar-refractivity contribution in [3.05, 3.63) is 47.2 Å². The third kappa shape index (κ3) is 3.92.